The van der Waals surface area contributed by atoms with E-state index in [2.05, 4.69) is 16.7 Å². The zero-order chi connectivity index (χ0) is 19.5. The summed E-state index contributed by atoms with van der Waals surface area (Å²) in [6, 6.07) is 7.26. The van der Waals surface area contributed by atoms with Gasteiger partial charge < -0.3 is 14.4 Å². The van der Waals surface area contributed by atoms with Crippen LogP contribution in [0.5, 0.6) is 5.75 Å². The maximum Gasteiger partial charge on any atom is 0.226 e. The standard InChI is InChI=1S/C22H32N4O2/c1-16-20-8-7-19(28-3)14-21(20)24-22(23-16)25-12-9-17(10-13-25)26-11-5-4-6-18(26)15-27-2/h7-8,14,17-18H,4-6,9-13,15H2,1-3H3. The molecule has 2 aliphatic heterocycles. The molecule has 0 bridgehead atoms. The van der Waals surface area contributed by atoms with E-state index in [9.17, 15) is 0 Å². The maximum absolute atomic E-state index is 5.48. The van der Waals surface area contributed by atoms with Crippen LogP contribution in [0, 0.1) is 6.92 Å². The number of piperidine rings is 2. The van der Waals surface area contributed by atoms with Gasteiger partial charge in [-0.15, -0.1) is 0 Å². The van der Waals surface area contributed by atoms with E-state index in [-0.39, 0.29) is 0 Å². The van der Waals surface area contributed by atoms with E-state index in [1.165, 1.54) is 38.6 Å². The number of methoxy groups -OCH3 is 2. The summed E-state index contributed by atoms with van der Waals surface area (Å²) in [7, 11) is 3.52. The average molecular weight is 385 g/mol. The normalized spacial score (nSPS) is 22.0. The van der Waals surface area contributed by atoms with Crippen LogP contribution in [0.4, 0.5) is 5.95 Å². The van der Waals surface area contributed by atoms with Gasteiger partial charge >= 0.3 is 0 Å². The Balaban J connectivity index is 1.47. The summed E-state index contributed by atoms with van der Waals surface area (Å²) in [5.74, 6) is 1.69. The molecule has 6 heteroatoms. The van der Waals surface area contributed by atoms with Crippen molar-refractivity contribution in [2.75, 3.05) is 45.4 Å². The van der Waals surface area contributed by atoms with Gasteiger partial charge in [-0.25, -0.2) is 9.97 Å². The van der Waals surface area contributed by atoms with Gasteiger partial charge in [0.2, 0.25) is 5.95 Å². The van der Waals surface area contributed by atoms with E-state index >= 15 is 0 Å². The molecule has 1 aromatic heterocycles. The van der Waals surface area contributed by atoms with Crippen molar-refractivity contribution < 1.29 is 9.47 Å². The minimum atomic E-state index is 0.585. The summed E-state index contributed by atoms with van der Waals surface area (Å²) in [4.78, 5) is 14.7. The number of hydrogen-bond donors (Lipinski definition) is 0. The number of fused-ring (bicyclic) bond motifs is 1. The summed E-state index contributed by atoms with van der Waals surface area (Å²) in [6.45, 7) is 6.15. The first kappa shape index (κ1) is 19.4. The molecular weight excluding hydrogens is 352 g/mol. The van der Waals surface area contributed by atoms with Gasteiger partial charge in [0, 0.05) is 43.7 Å². The molecule has 3 heterocycles. The molecule has 4 rings (SSSR count). The largest absolute Gasteiger partial charge is 0.497 e. The van der Waals surface area contributed by atoms with Crippen molar-refractivity contribution in [1.82, 2.24) is 14.9 Å². The molecule has 1 atom stereocenters. The molecule has 6 nitrogen and oxygen atoms in total. The summed E-state index contributed by atoms with van der Waals surface area (Å²) < 4.78 is 10.9. The molecule has 0 aliphatic carbocycles. The number of aromatic nitrogens is 2. The molecule has 2 saturated heterocycles. The molecule has 2 fully saturated rings. The molecule has 1 unspecified atom stereocenters. The third kappa shape index (κ3) is 3.94. The van der Waals surface area contributed by atoms with Crippen molar-refractivity contribution in [2.45, 2.75) is 51.1 Å². The van der Waals surface area contributed by atoms with Gasteiger partial charge in [0.1, 0.15) is 5.75 Å². The average Bonchev–Trinajstić information content (AvgIpc) is 2.74. The lowest BCUT2D eigenvalue weighted by atomic mass is 9.95. The first-order valence-electron chi connectivity index (χ1n) is 10.5. The number of likely N-dealkylation sites (tertiary alicyclic amines) is 1. The molecular formula is C22H32N4O2. The zero-order valence-electron chi connectivity index (χ0n) is 17.4. The van der Waals surface area contributed by atoms with Gasteiger partial charge in [-0.3, -0.25) is 4.90 Å². The molecule has 0 radical (unpaired) electrons. The first-order valence-corrected chi connectivity index (χ1v) is 10.5. The van der Waals surface area contributed by atoms with E-state index < -0.39 is 0 Å². The third-order valence-electron chi connectivity index (χ3n) is 6.33. The number of hydrogen-bond acceptors (Lipinski definition) is 6. The molecule has 0 saturated carbocycles. The predicted molar refractivity (Wildman–Crippen MR) is 112 cm³/mol. The minimum Gasteiger partial charge on any atom is -0.497 e. The molecule has 28 heavy (non-hydrogen) atoms. The Labute approximate surface area is 167 Å². The van der Waals surface area contributed by atoms with Crippen LogP contribution in [0.15, 0.2) is 18.2 Å². The van der Waals surface area contributed by atoms with E-state index in [4.69, 9.17) is 19.4 Å². The predicted octanol–water partition coefficient (Wildman–Crippen LogP) is 3.42. The second-order valence-corrected chi connectivity index (χ2v) is 8.05. The van der Waals surface area contributed by atoms with Gasteiger partial charge in [-0.2, -0.15) is 0 Å². The molecule has 0 amide bonds. The van der Waals surface area contributed by atoms with Crippen LogP contribution in [-0.2, 0) is 4.74 Å². The molecule has 0 spiro atoms. The lowest BCUT2D eigenvalue weighted by Gasteiger charge is -2.44. The smallest absolute Gasteiger partial charge is 0.226 e. The number of nitrogens with zero attached hydrogens (tertiary/aromatic N) is 4. The third-order valence-corrected chi connectivity index (χ3v) is 6.33. The second kappa shape index (κ2) is 8.62. The fourth-order valence-electron chi connectivity index (χ4n) is 4.79. The Morgan fingerprint density at radius 3 is 2.61 bits per heavy atom. The molecule has 2 aromatic rings. The zero-order valence-corrected chi connectivity index (χ0v) is 17.4. The van der Waals surface area contributed by atoms with Crippen molar-refractivity contribution >= 4 is 16.9 Å². The number of anilines is 1. The fourth-order valence-corrected chi connectivity index (χ4v) is 4.79. The molecule has 1 aromatic carbocycles. The van der Waals surface area contributed by atoms with Crippen LogP contribution in [0.2, 0.25) is 0 Å². The molecule has 152 valence electrons. The van der Waals surface area contributed by atoms with Crippen LogP contribution in [0.3, 0.4) is 0 Å². The Morgan fingerprint density at radius 1 is 1.04 bits per heavy atom. The van der Waals surface area contributed by atoms with Crippen LogP contribution >= 0.6 is 0 Å². The van der Waals surface area contributed by atoms with Crippen LogP contribution < -0.4 is 9.64 Å². The van der Waals surface area contributed by atoms with E-state index in [0.29, 0.717) is 12.1 Å². The highest BCUT2D eigenvalue weighted by molar-refractivity contribution is 5.83. The van der Waals surface area contributed by atoms with Gasteiger partial charge in [0.15, 0.2) is 0 Å². The van der Waals surface area contributed by atoms with Crippen molar-refractivity contribution in [2.24, 2.45) is 0 Å². The number of ether oxygens (including phenoxy) is 2. The number of rotatable bonds is 5. The quantitative estimate of drug-likeness (QED) is 0.787. The van der Waals surface area contributed by atoms with Gasteiger partial charge in [0.05, 0.1) is 24.9 Å². The summed E-state index contributed by atoms with van der Waals surface area (Å²) in [5.41, 5.74) is 1.99. The topological polar surface area (TPSA) is 50.7 Å². The van der Waals surface area contributed by atoms with Crippen LogP contribution in [0.25, 0.3) is 10.9 Å². The Hall–Kier alpha value is -1.92. The van der Waals surface area contributed by atoms with Crippen molar-refractivity contribution in [3.63, 3.8) is 0 Å². The summed E-state index contributed by atoms with van der Waals surface area (Å²) in [5, 5.41) is 1.09. The fraction of sp³-hybridized carbons (Fsp3) is 0.636. The maximum atomic E-state index is 5.48. The molecule has 2 aliphatic rings. The lowest BCUT2D eigenvalue weighted by Crippen LogP contribution is -2.52. The number of benzene rings is 1. The van der Waals surface area contributed by atoms with Gasteiger partial charge in [-0.05, 0) is 51.3 Å². The number of aryl methyl sites for hydroxylation is 1. The highest BCUT2D eigenvalue weighted by Gasteiger charge is 2.32. The summed E-state index contributed by atoms with van der Waals surface area (Å²) >= 11 is 0. The van der Waals surface area contributed by atoms with Crippen molar-refractivity contribution in [3.05, 3.63) is 23.9 Å². The first-order chi connectivity index (χ1) is 13.7. The highest BCUT2D eigenvalue weighted by Crippen LogP contribution is 2.28. The Morgan fingerprint density at radius 2 is 1.86 bits per heavy atom. The monoisotopic (exact) mass is 384 g/mol. The van der Waals surface area contributed by atoms with Gasteiger partial charge in [0.25, 0.3) is 0 Å². The van der Waals surface area contributed by atoms with E-state index in [1.54, 1.807) is 7.11 Å². The minimum absolute atomic E-state index is 0.585. The SMILES string of the molecule is COCC1CCCCN1C1CCN(c2nc(C)c3ccc(OC)cc3n2)CC1. The van der Waals surface area contributed by atoms with Gasteiger partial charge in [-0.1, -0.05) is 6.42 Å². The van der Waals surface area contributed by atoms with Crippen LogP contribution in [0.1, 0.15) is 37.8 Å². The van der Waals surface area contributed by atoms with E-state index in [0.717, 1.165) is 48.0 Å². The van der Waals surface area contributed by atoms with Crippen LogP contribution in [-0.4, -0.2) is 67.4 Å². The Bertz CT molecular complexity index is 802. The lowest BCUT2D eigenvalue weighted by molar-refractivity contribution is 0.0277. The second-order valence-electron chi connectivity index (χ2n) is 8.05. The Kier molecular flexibility index (Phi) is 5.97. The highest BCUT2D eigenvalue weighted by atomic mass is 16.5. The van der Waals surface area contributed by atoms with Crippen molar-refractivity contribution in [1.29, 1.82) is 0 Å². The summed E-state index contributed by atoms with van der Waals surface area (Å²) in [6.07, 6.45) is 6.24. The van der Waals surface area contributed by atoms with E-state index in [1.807, 2.05) is 25.3 Å². The van der Waals surface area contributed by atoms with Crippen molar-refractivity contribution in [3.8, 4) is 5.75 Å². The molecule has 0 N–H and O–H groups in total.